The molecule has 2 aliphatic rings. The van der Waals surface area contributed by atoms with Crippen molar-refractivity contribution >= 4 is 5.65 Å². The zero-order valence-electron chi connectivity index (χ0n) is 19.7. The quantitative estimate of drug-likeness (QED) is 0.394. The van der Waals surface area contributed by atoms with Crippen molar-refractivity contribution in [3.05, 3.63) is 87.2 Å². The maximum absolute atomic E-state index is 14.9. The lowest BCUT2D eigenvalue weighted by Gasteiger charge is -2.30. The lowest BCUT2D eigenvalue weighted by Crippen LogP contribution is -2.23. The highest BCUT2D eigenvalue weighted by molar-refractivity contribution is 5.78. The highest BCUT2D eigenvalue weighted by Crippen LogP contribution is 2.40. The molecule has 1 aromatic carbocycles. The molecule has 2 unspecified atom stereocenters. The summed E-state index contributed by atoms with van der Waals surface area (Å²) in [5.41, 5.74) is 3.96. The number of aromatic nitrogens is 4. The van der Waals surface area contributed by atoms with Crippen molar-refractivity contribution in [3.8, 4) is 11.1 Å². The molecule has 6 nitrogen and oxygen atoms in total. The van der Waals surface area contributed by atoms with Gasteiger partial charge in [-0.1, -0.05) is 0 Å². The number of benzene rings is 1. The molecule has 0 spiro atoms. The number of ether oxygens (including phenoxy) is 1. The average Bonchev–Trinajstić information content (AvgIpc) is 3.59. The van der Waals surface area contributed by atoms with Gasteiger partial charge in [0.2, 0.25) is 0 Å². The second kappa shape index (κ2) is 8.37. The summed E-state index contributed by atoms with van der Waals surface area (Å²) >= 11 is 0. The van der Waals surface area contributed by atoms with E-state index in [0.717, 1.165) is 42.9 Å². The summed E-state index contributed by atoms with van der Waals surface area (Å²) in [7, 11) is 0. The molecule has 2 fully saturated rings. The monoisotopic (exact) mass is 476 g/mol. The molecule has 2 atom stereocenters. The third-order valence-electron chi connectivity index (χ3n) is 7.31. The molecule has 8 heteroatoms. The Hall–Kier alpha value is -3.39. The fraction of sp³-hybridized carbons (Fsp3) is 0.370. The summed E-state index contributed by atoms with van der Waals surface area (Å²) in [4.78, 5) is 17.8. The Morgan fingerprint density at radius 3 is 2.63 bits per heavy atom. The second-order valence-electron chi connectivity index (χ2n) is 9.70. The second-order valence-corrected chi connectivity index (χ2v) is 9.70. The number of fused-ring (bicyclic) bond motifs is 1. The number of aryl methyl sites for hydroxylation is 1. The van der Waals surface area contributed by atoms with Crippen molar-refractivity contribution in [2.24, 2.45) is 0 Å². The largest absolute Gasteiger partial charge is 0.373 e. The maximum atomic E-state index is 14.9. The first kappa shape index (κ1) is 22.1. The van der Waals surface area contributed by atoms with Crippen LogP contribution in [0.15, 0.2) is 47.7 Å². The first-order chi connectivity index (χ1) is 16.9. The summed E-state index contributed by atoms with van der Waals surface area (Å²) in [6.07, 6.45) is 9.50. The van der Waals surface area contributed by atoms with Crippen LogP contribution in [0.2, 0.25) is 0 Å². The van der Waals surface area contributed by atoms with E-state index < -0.39 is 11.6 Å². The standard InChI is InChI=1S/C27H26F2N4O2/c1-15-16(2)31-26-23(22-6-3-20(28)11-24(22)29)9-18(13-32(26)27(15)34)17-7-8-35-25(10-17)19-12-30-33(14-19)21-4-5-21/h3,6,9,11-14,17,21,25H,4-5,7-8,10H2,1-2H3. The van der Waals surface area contributed by atoms with Gasteiger partial charge in [0.15, 0.2) is 0 Å². The molecule has 1 aliphatic heterocycles. The molecule has 4 heterocycles. The van der Waals surface area contributed by atoms with Gasteiger partial charge in [0.1, 0.15) is 17.3 Å². The van der Waals surface area contributed by atoms with Crippen LogP contribution in [0.25, 0.3) is 16.8 Å². The SMILES string of the molecule is Cc1nc2c(-c3ccc(F)cc3F)cc(C3CCOC(c4cnn(C5CC5)c4)C3)cn2c(=O)c1C. The van der Waals surface area contributed by atoms with Crippen LogP contribution in [0.1, 0.15) is 66.1 Å². The topological polar surface area (TPSA) is 61.4 Å². The van der Waals surface area contributed by atoms with Gasteiger partial charge in [-0.25, -0.2) is 13.8 Å². The summed E-state index contributed by atoms with van der Waals surface area (Å²) in [5, 5.41) is 4.50. The number of halogens is 2. The number of nitrogens with zero attached hydrogens (tertiary/aromatic N) is 4. The number of hydrogen-bond acceptors (Lipinski definition) is 4. The highest BCUT2D eigenvalue weighted by Gasteiger charge is 2.30. The number of rotatable bonds is 4. The molecule has 6 rings (SSSR count). The van der Waals surface area contributed by atoms with Gasteiger partial charge in [-0.3, -0.25) is 13.9 Å². The molecular weight excluding hydrogens is 450 g/mol. The number of hydrogen-bond donors (Lipinski definition) is 0. The van der Waals surface area contributed by atoms with E-state index in [1.807, 2.05) is 23.1 Å². The van der Waals surface area contributed by atoms with E-state index in [1.54, 1.807) is 13.8 Å². The van der Waals surface area contributed by atoms with Crippen molar-refractivity contribution in [1.82, 2.24) is 19.2 Å². The van der Waals surface area contributed by atoms with E-state index in [2.05, 4.69) is 16.3 Å². The molecule has 0 amide bonds. The van der Waals surface area contributed by atoms with E-state index in [1.165, 1.54) is 16.5 Å². The lowest BCUT2D eigenvalue weighted by atomic mass is 9.86. The van der Waals surface area contributed by atoms with E-state index >= 15 is 0 Å². The fourth-order valence-corrected chi connectivity index (χ4v) is 4.97. The van der Waals surface area contributed by atoms with Gasteiger partial charge in [-0.2, -0.15) is 5.10 Å². The minimum absolute atomic E-state index is 0.0955. The molecule has 0 bridgehead atoms. The number of pyridine rings is 1. The normalized spacial score (nSPS) is 20.5. The molecule has 1 saturated heterocycles. The third-order valence-corrected chi connectivity index (χ3v) is 7.31. The van der Waals surface area contributed by atoms with E-state index in [4.69, 9.17) is 4.74 Å². The maximum Gasteiger partial charge on any atom is 0.261 e. The van der Waals surface area contributed by atoms with Crippen LogP contribution in [0, 0.1) is 25.5 Å². The van der Waals surface area contributed by atoms with Crippen LogP contribution in [-0.2, 0) is 4.74 Å². The van der Waals surface area contributed by atoms with Crippen LogP contribution >= 0.6 is 0 Å². The molecular formula is C27H26F2N4O2. The third kappa shape index (κ3) is 3.95. The minimum atomic E-state index is -0.686. The summed E-state index contributed by atoms with van der Waals surface area (Å²) in [6, 6.07) is 5.89. The molecule has 4 aromatic rings. The van der Waals surface area contributed by atoms with Crippen molar-refractivity contribution < 1.29 is 13.5 Å². The van der Waals surface area contributed by atoms with Gasteiger partial charge in [0.05, 0.1) is 18.3 Å². The Kier molecular flexibility index (Phi) is 5.29. The van der Waals surface area contributed by atoms with Crippen LogP contribution in [-0.4, -0.2) is 25.8 Å². The van der Waals surface area contributed by atoms with Crippen LogP contribution < -0.4 is 5.56 Å². The molecule has 1 aliphatic carbocycles. The molecule has 0 radical (unpaired) electrons. The first-order valence-electron chi connectivity index (χ1n) is 12.0. The summed E-state index contributed by atoms with van der Waals surface area (Å²) in [5.74, 6) is -1.24. The molecule has 1 saturated carbocycles. The first-order valence-corrected chi connectivity index (χ1v) is 12.0. The van der Waals surface area contributed by atoms with Gasteiger partial charge < -0.3 is 4.74 Å². The van der Waals surface area contributed by atoms with Crippen molar-refractivity contribution in [2.75, 3.05) is 6.61 Å². The zero-order valence-corrected chi connectivity index (χ0v) is 19.7. The van der Waals surface area contributed by atoms with Crippen LogP contribution in [0.4, 0.5) is 8.78 Å². The highest BCUT2D eigenvalue weighted by atomic mass is 19.1. The van der Waals surface area contributed by atoms with Crippen molar-refractivity contribution in [1.29, 1.82) is 0 Å². The predicted molar refractivity (Wildman–Crippen MR) is 127 cm³/mol. The zero-order chi connectivity index (χ0) is 24.3. The van der Waals surface area contributed by atoms with E-state index in [-0.39, 0.29) is 23.1 Å². The van der Waals surface area contributed by atoms with Crippen molar-refractivity contribution in [2.45, 2.75) is 57.6 Å². The van der Waals surface area contributed by atoms with Crippen LogP contribution in [0.3, 0.4) is 0 Å². The Morgan fingerprint density at radius 2 is 1.86 bits per heavy atom. The lowest BCUT2D eigenvalue weighted by molar-refractivity contribution is 0.00516. The molecule has 180 valence electrons. The Morgan fingerprint density at radius 1 is 1.03 bits per heavy atom. The fourth-order valence-electron chi connectivity index (χ4n) is 4.97. The van der Waals surface area contributed by atoms with Crippen LogP contribution in [0.5, 0.6) is 0 Å². The van der Waals surface area contributed by atoms with Gasteiger partial charge in [0.25, 0.3) is 5.56 Å². The van der Waals surface area contributed by atoms with Gasteiger partial charge >= 0.3 is 0 Å². The van der Waals surface area contributed by atoms with Crippen molar-refractivity contribution in [3.63, 3.8) is 0 Å². The smallest absolute Gasteiger partial charge is 0.261 e. The molecule has 3 aromatic heterocycles. The minimum Gasteiger partial charge on any atom is -0.373 e. The Labute approximate surface area is 201 Å². The Balaban J connectivity index is 1.45. The average molecular weight is 477 g/mol. The summed E-state index contributed by atoms with van der Waals surface area (Å²) in [6.45, 7) is 4.08. The van der Waals surface area contributed by atoms with E-state index in [0.29, 0.717) is 35.1 Å². The van der Waals surface area contributed by atoms with Gasteiger partial charge in [-0.05, 0) is 69.2 Å². The Bertz CT molecular complexity index is 1510. The molecule has 0 N–H and O–H groups in total. The summed E-state index contributed by atoms with van der Waals surface area (Å²) < 4.78 is 38.2. The molecule has 35 heavy (non-hydrogen) atoms. The van der Waals surface area contributed by atoms with E-state index in [9.17, 15) is 13.6 Å². The van der Waals surface area contributed by atoms with Gasteiger partial charge in [-0.15, -0.1) is 0 Å². The van der Waals surface area contributed by atoms with Gasteiger partial charge in [0, 0.05) is 53.0 Å². The predicted octanol–water partition coefficient (Wildman–Crippen LogP) is 5.42.